The van der Waals surface area contributed by atoms with Gasteiger partial charge in [-0.25, -0.2) is 14.5 Å². The van der Waals surface area contributed by atoms with Gasteiger partial charge in [-0.1, -0.05) is 11.6 Å². The number of nitrogens with zero attached hydrogens (tertiary/aromatic N) is 5. The first-order valence-corrected chi connectivity index (χ1v) is 6.90. The number of aromatic nitrogens is 5. The zero-order valence-corrected chi connectivity index (χ0v) is 13.2. The van der Waals surface area contributed by atoms with Gasteiger partial charge in [0.2, 0.25) is 5.88 Å². The Morgan fingerprint density at radius 1 is 1.42 bits per heavy atom. The standard InChI is InChI=1S/C12H11ClF3N5O3/c1-3-23-11(22)9-6(13)4-7(12(14,15)16)17-10(9)24-5-8-18-19-20-21(8)2/h4H,3,5H2,1-2H3. The van der Waals surface area contributed by atoms with Crippen LogP contribution in [0.1, 0.15) is 28.8 Å². The number of pyridine rings is 1. The number of carbonyl (C=O) groups is 1. The molecule has 0 amide bonds. The molecule has 8 nitrogen and oxygen atoms in total. The largest absolute Gasteiger partial charge is 0.469 e. The number of alkyl halides is 3. The first-order chi connectivity index (χ1) is 11.2. The molecular formula is C12H11ClF3N5O3. The Bertz CT molecular complexity index is 750. The lowest BCUT2D eigenvalue weighted by molar-refractivity contribution is -0.141. The van der Waals surface area contributed by atoms with Crippen molar-refractivity contribution in [2.24, 2.45) is 7.05 Å². The number of aryl methyl sites for hydroxylation is 1. The molecule has 24 heavy (non-hydrogen) atoms. The van der Waals surface area contributed by atoms with E-state index in [1.807, 2.05) is 0 Å². The molecule has 0 aromatic carbocycles. The van der Waals surface area contributed by atoms with Gasteiger partial charge in [-0.05, 0) is 23.4 Å². The van der Waals surface area contributed by atoms with E-state index in [4.69, 9.17) is 21.1 Å². The summed E-state index contributed by atoms with van der Waals surface area (Å²) in [5, 5.41) is 10.0. The molecule has 0 radical (unpaired) electrons. The molecule has 0 bridgehead atoms. The summed E-state index contributed by atoms with van der Waals surface area (Å²) in [6.07, 6.45) is -4.76. The van der Waals surface area contributed by atoms with Crippen LogP contribution in [0, 0.1) is 0 Å². The lowest BCUT2D eigenvalue weighted by Gasteiger charge is -2.14. The maximum absolute atomic E-state index is 12.9. The average Bonchev–Trinajstić information content (AvgIpc) is 2.89. The van der Waals surface area contributed by atoms with E-state index in [-0.39, 0.29) is 19.0 Å². The van der Waals surface area contributed by atoms with Crippen molar-refractivity contribution in [1.29, 1.82) is 0 Å². The summed E-state index contributed by atoms with van der Waals surface area (Å²) < 4.78 is 49.8. The number of esters is 1. The number of tetrazole rings is 1. The highest BCUT2D eigenvalue weighted by atomic mass is 35.5. The predicted octanol–water partition coefficient (Wildman–Crippen LogP) is 2.03. The molecule has 0 unspecified atom stereocenters. The highest BCUT2D eigenvalue weighted by molar-refractivity contribution is 6.34. The summed E-state index contributed by atoms with van der Waals surface area (Å²) >= 11 is 5.80. The maximum Gasteiger partial charge on any atom is 0.433 e. The molecule has 0 N–H and O–H groups in total. The van der Waals surface area contributed by atoms with Gasteiger partial charge in [0, 0.05) is 7.05 Å². The highest BCUT2D eigenvalue weighted by Crippen LogP contribution is 2.34. The van der Waals surface area contributed by atoms with Gasteiger partial charge in [0.05, 0.1) is 11.6 Å². The number of ether oxygens (including phenoxy) is 2. The molecule has 0 aliphatic carbocycles. The van der Waals surface area contributed by atoms with E-state index < -0.39 is 34.3 Å². The third-order valence-electron chi connectivity index (χ3n) is 2.75. The van der Waals surface area contributed by atoms with Gasteiger partial charge < -0.3 is 9.47 Å². The van der Waals surface area contributed by atoms with Crippen molar-refractivity contribution in [1.82, 2.24) is 25.2 Å². The van der Waals surface area contributed by atoms with E-state index in [9.17, 15) is 18.0 Å². The second-order valence-electron chi connectivity index (χ2n) is 4.40. The van der Waals surface area contributed by atoms with E-state index in [0.717, 1.165) is 0 Å². The molecule has 0 spiro atoms. The van der Waals surface area contributed by atoms with Gasteiger partial charge in [0.15, 0.2) is 12.4 Å². The number of hydrogen-bond acceptors (Lipinski definition) is 7. The molecule has 0 saturated heterocycles. The minimum absolute atomic E-state index is 0.00281. The van der Waals surface area contributed by atoms with Crippen LogP contribution < -0.4 is 4.74 Å². The van der Waals surface area contributed by atoms with Crippen molar-refractivity contribution in [3.63, 3.8) is 0 Å². The molecule has 2 aromatic rings. The fraction of sp³-hybridized carbons (Fsp3) is 0.417. The Morgan fingerprint density at radius 3 is 2.67 bits per heavy atom. The quantitative estimate of drug-likeness (QED) is 0.748. The molecular weight excluding hydrogens is 355 g/mol. The summed E-state index contributed by atoms with van der Waals surface area (Å²) in [7, 11) is 1.51. The SMILES string of the molecule is CCOC(=O)c1c(Cl)cc(C(F)(F)F)nc1OCc1nnnn1C. The van der Waals surface area contributed by atoms with Crippen LogP contribution in [0.15, 0.2) is 6.07 Å². The van der Waals surface area contributed by atoms with Crippen LogP contribution in [0.25, 0.3) is 0 Å². The first-order valence-electron chi connectivity index (χ1n) is 6.53. The lowest BCUT2D eigenvalue weighted by atomic mass is 10.2. The maximum atomic E-state index is 12.9. The zero-order valence-electron chi connectivity index (χ0n) is 12.5. The van der Waals surface area contributed by atoms with Crippen LogP contribution in [0.3, 0.4) is 0 Å². The third kappa shape index (κ3) is 3.91. The Kier molecular flexibility index (Phi) is 5.22. The zero-order chi connectivity index (χ0) is 17.9. The van der Waals surface area contributed by atoms with Crippen molar-refractivity contribution in [3.05, 3.63) is 28.2 Å². The Labute approximate surface area is 138 Å². The molecule has 2 rings (SSSR count). The topological polar surface area (TPSA) is 92.0 Å². The van der Waals surface area contributed by atoms with E-state index in [1.54, 1.807) is 0 Å². The van der Waals surface area contributed by atoms with E-state index in [0.29, 0.717) is 6.07 Å². The normalized spacial score (nSPS) is 11.4. The predicted molar refractivity (Wildman–Crippen MR) is 73.3 cm³/mol. The highest BCUT2D eigenvalue weighted by Gasteiger charge is 2.35. The average molecular weight is 366 g/mol. The van der Waals surface area contributed by atoms with Gasteiger partial charge in [-0.2, -0.15) is 13.2 Å². The Morgan fingerprint density at radius 2 is 2.12 bits per heavy atom. The first kappa shape index (κ1) is 17.9. The number of carbonyl (C=O) groups excluding carboxylic acids is 1. The summed E-state index contributed by atoms with van der Waals surface area (Å²) in [4.78, 5) is 15.2. The molecule has 0 saturated carbocycles. The number of hydrogen-bond donors (Lipinski definition) is 0. The fourth-order valence-corrected chi connectivity index (χ4v) is 1.89. The minimum Gasteiger partial charge on any atom is -0.469 e. The van der Waals surface area contributed by atoms with E-state index >= 15 is 0 Å². The molecule has 130 valence electrons. The molecule has 0 atom stereocenters. The minimum atomic E-state index is -4.76. The van der Waals surface area contributed by atoms with Crippen LogP contribution in [0.4, 0.5) is 13.2 Å². The summed E-state index contributed by atoms with van der Waals surface area (Å²) in [6, 6.07) is 0.532. The third-order valence-corrected chi connectivity index (χ3v) is 3.05. The summed E-state index contributed by atoms with van der Waals surface area (Å²) in [5.74, 6) is -1.36. The Balaban J connectivity index is 2.42. The second-order valence-corrected chi connectivity index (χ2v) is 4.80. The molecule has 12 heteroatoms. The van der Waals surface area contributed by atoms with Crippen LogP contribution in [-0.2, 0) is 24.6 Å². The monoisotopic (exact) mass is 365 g/mol. The molecule has 2 heterocycles. The van der Waals surface area contributed by atoms with Crippen LogP contribution in [-0.4, -0.2) is 37.8 Å². The second kappa shape index (κ2) is 6.99. The smallest absolute Gasteiger partial charge is 0.433 e. The molecule has 0 aliphatic heterocycles. The van der Waals surface area contributed by atoms with E-state index in [1.165, 1.54) is 18.7 Å². The van der Waals surface area contributed by atoms with Gasteiger partial charge in [-0.3, -0.25) is 0 Å². The number of halogens is 4. The summed E-state index contributed by atoms with van der Waals surface area (Å²) in [6.45, 7) is 1.22. The van der Waals surface area contributed by atoms with Crippen molar-refractivity contribution in [2.45, 2.75) is 19.7 Å². The van der Waals surface area contributed by atoms with Gasteiger partial charge >= 0.3 is 12.1 Å². The number of rotatable bonds is 5. The van der Waals surface area contributed by atoms with Crippen molar-refractivity contribution in [3.8, 4) is 5.88 Å². The molecule has 0 fully saturated rings. The van der Waals surface area contributed by atoms with Gasteiger partial charge in [0.1, 0.15) is 11.3 Å². The van der Waals surface area contributed by atoms with E-state index in [2.05, 4.69) is 20.5 Å². The summed E-state index contributed by atoms with van der Waals surface area (Å²) in [5.41, 5.74) is -1.70. The molecule has 0 aliphatic rings. The fourth-order valence-electron chi connectivity index (χ4n) is 1.63. The van der Waals surface area contributed by atoms with Crippen LogP contribution in [0.2, 0.25) is 5.02 Å². The Hall–Kier alpha value is -2.43. The molecule has 2 aromatic heterocycles. The van der Waals surface area contributed by atoms with Gasteiger partial charge in [-0.15, -0.1) is 5.10 Å². The van der Waals surface area contributed by atoms with Crippen molar-refractivity contribution >= 4 is 17.6 Å². The van der Waals surface area contributed by atoms with Crippen LogP contribution >= 0.6 is 11.6 Å². The van der Waals surface area contributed by atoms with Crippen molar-refractivity contribution in [2.75, 3.05) is 6.61 Å². The van der Waals surface area contributed by atoms with Gasteiger partial charge in [0.25, 0.3) is 0 Å². The lowest BCUT2D eigenvalue weighted by Crippen LogP contribution is -2.15. The van der Waals surface area contributed by atoms with Crippen LogP contribution in [0.5, 0.6) is 5.88 Å². The van der Waals surface area contributed by atoms with Crippen molar-refractivity contribution < 1.29 is 27.4 Å².